The first-order valence-electron chi connectivity index (χ1n) is 6.91. The fourth-order valence-electron chi connectivity index (χ4n) is 3.67. The predicted octanol–water partition coefficient (Wildman–Crippen LogP) is 3.60. The van der Waals surface area contributed by atoms with E-state index in [1.165, 1.54) is 74.9 Å². The van der Waals surface area contributed by atoms with Gasteiger partial charge in [0.1, 0.15) is 0 Å². The van der Waals surface area contributed by atoms with Gasteiger partial charge in [-0.05, 0) is 18.8 Å². The van der Waals surface area contributed by atoms with Crippen LogP contribution in [-0.4, -0.2) is 28.8 Å². The Labute approximate surface area is 98.3 Å². The second-order valence-corrected chi connectivity index (χ2v) is 7.48. The molecule has 15 heavy (non-hydrogen) atoms. The number of fused-ring (bicyclic) bond motifs is 3. The molecule has 2 heteroatoms. The van der Waals surface area contributed by atoms with Crippen molar-refractivity contribution in [2.24, 2.45) is 5.92 Å². The van der Waals surface area contributed by atoms with Gasteiger partial charge in [-0.1, -0.05) is 19.3 Å². The quantitative estimate of drug-likeness (QED) is 0.512. The third-order valence-corrected chi connectivity index (χ3v) is 6.52. The molecule has 3 heterocycles. The van der Waals surface area contributed by atoms with Crippen LogP contribution in [0.1, 0.15) is 51.4 Å². The number of hydrogen-bond donors (Lipinski definition) is 0. The minimum Gasteiger partial charge on any atom is -0.261 e. The first kappa shape index (κ1) is 10.5. The molecule has 0 atom stereocenters. The maximum atomic E-state index is 2.36. The highest BCUT2D eigenvalue weighted by atomic mass is 32.2. The summed E-state index contributed by atoms with van der Waals surface area (Å²) in [5, 5.41) is 1.01. The molecule has 0 spiro atoms. The number of piperidine rings is 3. The molecule has 86 valence electrons. The minimum absolute atomic E-state index is 1.01. The molecule has 0 radical (unpaired) electrons. The number of rotatable bonds is 2. The van der Waals surface area contributed by atoms with E-state index in [4.69, 9.17) is 0 Å². The lowest BCUT2D eigenvalue weighted by Crippen LogP contribution is -2.54. The van der Waals surface area contributed by atoms with E-state index in [2.05, 4.69) is 11.9 Å². The van der Waals surface area contributed by atoms with Gasteiger partial charge in [-0.2, -0.15) is 0 Å². The third-order valence-electron chi connectivity index (χ3n) is 4.76. The molecule has 2 bridgehead atoms. The molecule has 4 fully saturated rings. The molecule has 0 aromatic carbocycles. The normalized spacial score (nSPS) is 42.0. The molecule has 3 aliphatic heterocycles. The van der Waals surface area contributed by atoms with Gasteiger partial charge in [0.2, 0.25) is 0 Å². The van der Waals surface area contributed by atoms with Crippen molar-refractivity contribution in [3.05, 3.63) is 0 Å². The summed E-state index contributed by atoms with van der Waals surface area (Å²) >= 11 is 2.36. The van der Waals surface area contributed by atoms with Crippen molar-refractivity contribution in [1.82, 2.24) is 0 Å². The van der Waals surface area contributed by atoms with Crippen molar-refractivity contribution >= 4 is 11.9 Å². The first-order valence-corrected chi connectivity index (χ1v) is 7.74. The predicted molar refractivity (Wildman–Crippen MR) is 66.7 cm³/mol. The van der Waals surface area contributed by atoms with Crippen molar-refractivity contribution in [1.29, 1.82) is 0 Å². The Morgan fingerprint density at radius 1 is 0.733 bits per heavy atom. The van der Waals surface area contributed by atoms with Gasteiger partial charge in [0.25, 0.3) is 0 Å². The van der Waals surface area contributed by atoms with Crippen molar-refractivity contribution < 1.29 is 3.89 Å². The average molecular weight is 226 g/mol. The van der Waals surface area contributed by atoms with Gasteiger partial charge < -0.3 is 0 Å². The largest absolute Gasteiger partial charge is 0.261 e. The van der Waals surface area contributed by atoms with Crippen LogP contribution in [0.15, 0.2) is 0 Å². The van der Waals surface area contributed by atoms with Crippen LogP contribution in [0.3, 0.4) is 0 Å². The molecule has 0 amide bonds. The Balaban J connectivity index is 1.60. The van der Waals surface area contributed by atoms with Crippen LogP contribution in [0.4, 0.5) is 0 Å². The van der Waals surface area contributed by atoms with Crippen LogP contribution >= 0.6 is 11.9 Å². The van der Waals surface area contributed by atoms with Gasteiger partial charge >= 0.3 is 0 Å². The lowest BCUT2D eigenvalue weighted by Gasteiger charge is -2.48. The minimum atomic E-state index is 1.01. The van der Waals surface area contributed by atoms with Gasteiger partial charge in [-0.15, -0.1) is 0 Å². The summed E-state index contributed by atoms with van der Waals surface area (Å²) in [6.07, 6.45) is 12.1. The summed E-state index contributed by atoms with van der Waals surface area (Å²) in [5.41, 5.74) is 0. The molecule has 0 aromatic rings. The molecule has 3 saturated heterocycles. The topological polar surface area (TPSA) is 0 Å². The summed E-state index contributed by atoms with van der Waals surface area (Å²) in [4.78, 5) is 0. The summed E-state index contributed by atoms with van der Waals surface area (Å²) in [6.45, 7) is 4.48. The molecule has 1 saturated carbocycles. The maximum Gasteiger partial charge on any atom is 0.0895 e. The van der Waals surface area contributed by atoms with Crippen molar-refractivity contribution in [3.63, 3.8) is 0 Å². The van der Waals surface area contributed by atoms with Crippen LogP contribution < -0.4 is 0 Å². The van der Waals surface area contributed by atoms with E-state index in [1.807, 2.05) is 0 Å². The molecule has 1 nitrogen and oxygen atoms in total. The smallest absolute Gasteiger partial charge is 0.0895 e. The van der Waals surface area contributed by atoms with Crippen molar-refractivity contribution in [3.8, 4) is 0 Å². The lowest BCUT2D eigenvalue weighted by atomic mass is 9.88. The zero-order valence-electron chi connectivity index (χ0n) is 9.79. The first-order chi connectivity index (χ1) is 7.36. The van der Waals surface area contributed by atoms with Gasteiger partial charge in [0.05, 0.1) is 36.8 Å². The highest BCUT2D eigenvalue weighted by Gasteiger charge is 2.42. The summed E-state index contributed by atoms with van der Waals surface area (Å²) < 4.78 is 1.45. The van der Waals surface area contributed by atoms with Crippen LogP contribution in [-0.2, 0) is 0 Å². The van der Waals surface area contributed by atoms with Gasteiger partial charge in [-0.3, -0.25) is 3.89 Å². The molecule has 0 N–H and O–H groups in total. The number of nitrogens with zero attached hydrogens (tertiary/aromatic N) is 1. The van der Waals surface area contributed by atoms with E-state index >= 15 is 0 Å². The van der Waals surface area contributed by atoms with Crippen LogP contribution in [0.5, 0.6) is 0 Å². The van der Waals surface area contributed by atoms with Crippen LogP contribution in [0.25, 0.3) is 0 Å². The lowest BCUT2D eigenvalue weighted by molar-refractivity contribution is -0.815. The molecule has 4 aliphatic rings. The van der Waals surface area contributed by atoms with Crippen molar-refractivity contribution in [2.75, 3.05) is 19.6 Å². The van der Waals surface area contributed by atoms with Gasteiger partial charge in [0, 0.05) is 19.3 Å². The van der Waals surface area contributed by atoms with E-state index in [0.717, 1.165) is 11.2 Å². The molecular weight excluding hydrogens is 202 g/mol. The highest BCUT2D eigenvalue weighted by Crippen LogP contribution is 2.43. The van der Waals surface area contributed by atoms with Crippen LogP contribution in [0, 0.1) is 5.92 Å². The van der Waals surface area contributed by atoms with E-state index in [1.54, 1.807) is 0 Å². The zero-order valence-corrected chi connectivity index (χ0v) is 10.6. The Morgan fingerprint density at radius 3 is 1.93 bits per heavy atom. The van der Waals surface area contributed by atoms with Crippen LogP contribution in [0.2, 0.25) is 0 Å². The van der Waals surface area contributed by atoms with Gasteiger partial charge in [-0.25, -0.2) is 0 Å². The number of quaternary nitrogens is 1. The average Bonchev–Trinajstić information content (AvgIpc) is 2.32. The van der Waals surface area contributed by atoms with E-state index < -0.39 is 0 Å². The highest BCUT2D eigenvalue weighted by molar-refractivity contribution is 7.94. The molecule has 0 aromatic heterocycles. The van der Waals surface area contributed by atoms with E-state index in [9.17, 15) is 0 Å². The Kier molecular flexibility index (Phi) is 2.99. The summed E-state index contributed by atoms with van der Waals surface area (Å²) in [6, 6.07) is 0. The van der Waals surface area contributed by atoms with Crippen molar-refractivity contribution in [2.45, 2.75) is 56.6 Å². The Bertz CT molecular complexity index is 201. The molecule has 4 rings (SSSR count). The summed E-state index contributed by atoms with van der Waals surface area (Å²) in [5.74, 6) is 1.11. The Hall–Kier alpha value is 0.310. The standard InChI is InChI=1S/C13H24NS/c1-2-4-13(5-3-1)15-14-9-6-12(7-10-14)8-11-14/h12-13H,1-11H2/q+1. The van der Waals surface area contributed by atoms with E-state index in [-0.39, 0.29) is 0 Å². The summed E-state index contributed by atoms with van der Waals surface area (Å²) in [7, 11) is 0. The SMILES string of the molecule is C1CCC(S[N+]23CCC(CC2)CC3)CC1. The number of hydrogen-bond acceptors (Lipinski definition) is 1. The second kappa shape index (κ2) is 4.29. The molecule has 0 unspecified atom stereocenters. The fourth-order valence-corrected chi connectivity index (χ4v) is 5.48. The van der Waals surface area contributed by atoms with E-state index in [0.29, 0.717) is 0 Å². The molecular formula is C13H24NS+. The third kappa shape index (κ3) is 2.21. The fraction of sp³-hybridized carbons (Fsp3) is 1.00. The molecule has 1 aliphatic carbocycles. The second-order valence-electron chi connectivity index (χ2n) is 5.83. The zero-order chi connectivity index (χ0) is 10.1. The monoisotopic (exact) mass is 226 g/mol. The Morgan fingerprint density at radius 2 is 1.33 bits per heavy atom. The van der Waals surface area contributed by atoms with Gasteiger partial charge in [0.15, 0.2) is 0 Å². The maximum absolute atomic E-state index is 2.36.